The number of hydrogen-bond donors (Lipinski definition) is 0. The summed E-state index contributed by atoms with van der Waals surface area (Å²) in [6.45, 7) is 0. The zero-order chi connectivity index (χ0) is 22.7. The maximum absolute atomic E-state index is 13.2. The van der Waals surface area contributed by atoms with Gasteiger partial charge in [-0.25, -0.2) is 8.42 Å². The Hall–Kier alpha value is -2.05. The molecule has 0 fully saturated rings. The molecular weight excluding hydrogens is 483 g/mol. The van der Waals surface area contributed by atoms with Gasteiger partial charge in [0.15, 0.2) is 15.6 Å². The van der Waals surface area contributed by atoms with Gasteiger partial charge in [0, 0.05) is 26.9 Å². The number of halogens is 2. The van der Waals surface area contributed by atoms with Crippen molar-refractivity contribution in [1.29, 1.82) is 0 Å². The Balaban J connectivity index is 1.71. The SMILES string of the molecule is O=C1C[C@@H](c2ccc(Cl)cc2)CC(Sc2ccc(Cl)cc2)=C1CS(=O)(=O)c1ccccc1. The Morgan fingerprint density at radius 1 is 0.812 bits per heavy atom. The van der Waals surface area contributed by atoms with Crippen LogP contribution in [0.1, 0.15) is 24.3 Å². The van der Waals surface area contributed by atoms with Crippen molar-refractivity contribution in [2.45, 2.75) is 28.6 Å². The maximum atomic E-state index is 13.2. The second kappa shape index (κ2) is 9.84. The molecule has 0 amide bonds. The van der Waals surface area contributed by atoms with Gasteiger partial charge < -0.3 is 0 Å². The fourth-order valence-electron chi connectivity index (χ4n) is 3.70. The van der Waals surface area contributed by atoms with Gasteiger partial charge in [0.05, 0.1) is 10.6 Å². The average Bonchev–Trinajstić information content (AvgIpc) is 2.78. The standard InChI is InChI=1S/C25H20Cl2O3S2/c26-19-8-6-17(7-9-19)18-14-24(28)23(16-32(29,30)22-4-2-1-3-5-22)25(15-18)31-21-12-10-20(27)11-13-21/h1-13,18H,14-16H2/t18-/m1/s1. The molecule has 32 heavy (non-hydrogen) atoms. The third kappa shape index (κ3) is 5.46. The summed E-state index contributed by atoms with van der Waals surface area (Å²) in [4.78, 5) is 15.1. The molecule has 0 radical (unpaired) electrons. The molecule has 0 heterocycles. The summed E-state index contributed by atoms with van der Waals surface area (Å²) in [6, 6.07) is 23.1. The lowest BCUT2D eigenvalue weighted by Crippen LogP contribution is -2.23. The summed E-state index contributed by atoms with van der Waals surface area (Å²) in [5.41, 5.74) is 1.39. The molecule has 0 aromatic heterocycles. The van der Waals surface area contributed by atoms with Crippen molar-refractivity contribution in [2.75, 3.05) is 5.75 Å². The highest BCUT2D eigenvalue weighted by Crippen LogP contribution is 2.43. The van der Waals surface area contributed by atoms with Gasteiger partial charge in [0.25, 0.3) is 0 Å². The maximum Gasteiger partial charge on any atom is 0.182 e. The second-order valence-corrected chi connectivity index (χ2v) is 11.6. The Morgan fingerprint density at radius 2 is 1.41 bits per heavy atom. The van der Waals surface area contributed by atoms with Crippen molar-refractivity contribution in [1.82, 2.24) is 0 Å². The first-order valence-corrected chi connectivity index (χ1v) is 13.3. The minimum Gasteiger partial charge on any atom is -0.294 e. The normalized spacial score (nSPS) is 16.9. The summed E-state index contributed by atoms with van der Waals surface area (Å²) in [5, 5.41) is 1.26. The zero-order valence-electron chi connectivity index (χ0n) is 17.0. The summed E-state index contributed by atoms with van der Waals surface area (Å²) in [6.07, 6.45) is 0.853. The van der Waals surface area contributed by atoms with Crippen molar-refractivity contribution in [3.63, 3.8) is 0 Å². The van der Waals surface area contributed by atoms with Crippen molar-refractivity contribution < 1.29 is 13.2 Å². The molecule has 0 aliphatic heterocycles. The van der Waals surface area contributed by atoms with Crippen molar-refractivity contribution in [3.8, 4) is 0 Å². The monoisotopic (exact) mass is 502 g/mol. The first-order valence-electron chi connectivity index (χ1n) is 10.0. The van der Waals surface area contributed by atoms with E-state index in [-0.39, 0.29) is 28.8 Å². The van der Waals surface area contributed by atoms with Gasteiger partial charge in [-0.15, -0.1) is 0 Å². The van der Waals surface area contributed by atoms with Crippen LogP contribution in [0.2, 0.25) is 10.0 Å². The lowest BCUT2D eigenvalue weighted by atomic mass is 9.84. The van der Waals surface area contributed by atoms with Crippen LogP contribution in [-0.2, 0) is 14.6 Å². The predicted octanol–water partition coefficient (Wildman–Crippen LogP) is 6.96. The minimum atomic E-state index is -3.64. The largest absolute Gasteiger partial charge is 0.294 e. The van der Waals surface area contributed by atoms with Gasteiger partial charge in [0.2, 0.25) is 0 Å². The molecule has 3 aromatic rings. The highest BCUT2D eigenvalue weighted by molar-refractivity contribution is 8.03. The summed E-state index contributed by atoms with van der Waals surface area (Å²) in [5.74, 6) is -0.469. The van der Waals surface area contributed by atoms with E-state index >= 15 is 0 Å². The smallest absolute Gasteiger partial charge is 0.182 e. The Morgan fingerprint density at radius 3 is 2.03 bits per heavy atom. The fourth-order valence-corrected chi connectivity index (χ4v) is 6.65. The van der Waals surface area contributed by atoms with E-state index in [1.165, 1.54) is 11.8 Å². The topological polar surface area (TPSA) is 51.2 Å². The number of carbonyl (C=O) groups excluding carboxylic acids is 1. The van der Waals surface area contributed by atoms with Crippen LogP contribution in [0.15, 0.2) is 99.1 Å². The van der Waals surface area contributed by atoms with Crippen LogP contribution >= 0.6 is 35.0 Å². The number of ketones is 1. The molecule has 0 saturated carbocycles. The third-order valence-electron chi connectivity index (χ3n) is 5.37. The van der Waals surface area contributed by atoms with Gasteiger partial charge >= 0.3 is 0 Å². The molecule has 0 bridgehead atoms. The number of thioether (sulfide) groups is 1. The molecule has 7 heteroatoms. The van der Waals surface area contributed by atoms with E-state index in [9.17, 15) is 13.2 Å². The Labute approximate surface area is 202 Å². The van der Waals surface area contributed by atoms with Crippen LogP contribution in [0.5, 0.6) is 0 Å². The molecule has 1 aliphatic rings. The zero-order valence-corrected chi connectivity index (χ0v) is 20.1. The first kappa shape index (κ1) is 23.1. The van der Waals surface area contributed by atoms with E-state index in [1.54, 1.807) is 42.5 Å². The number of Topliss-reactive ketones (excluding diaryl/α,β-unsaturated/α-hetero) is 1. The van der Waals surface area contributed by atoms with Crippen LogP contribution in [-0.4, -0.2) is 20.0 Å². The molecule has 4 rings (SSSR count). The van der Waals surface area contributed by atoms with Crippen molar-refractivity contribution in [2.24, 2.45) is 0 Å². The molecular formula is C25H20Cl2O3S2. The molecule has 0 saturated heterocycles. The third-order valence-corrected chi connectivity index (χ3v) is 8.70. The summed E-state index contributed by atoms with van der Waals surface area (Å²) < 4.78 is 26.1. The Kier molecular flexibility index (Phi) is 7.11. The van der Waals surface area contributed by atoms with E-state index in [1.807, 2.05) is 36.4 Å². The van der Waals surface area contributed by atoms with E-state index < -0.39 is 9.84 Å². The molecule has 1 atom stereocenters. The molecule has 0 spiro atoms. The van der Waals surface area contributed by atoms with E-state index in [0.29, 0.717) is 22.0 Å². The van der Waals surface area contributed by atoms with Crippen LogP contribution in [0.4, 0.5) is 0 Å². The number of hydrogen-bond acceptors (Lipinski definition) is 4. The molecule has 164 valence electrons. The lowest BCUT2D eigenvalue weighted by molar-refractivity contribution is -0.116. The van der Waals surface area contributed by atoms with Crippen molar-refractivity contribution in [3.05, 3.63) is 105 Å². The molecule has 1 aliphatic carbocycles. The number of rotatable bonds is 6. The van der Waals surface area contributed by atoms with Crippen LogP contribution in [0, 0.1) is 0 Å². The summed E-state index contributed by atoms with van der Waals surface area (Å²) >= 11 is 13.5. The Bertz CT molecular complexity index is 1250. The second-order valence-electron chi connectivity index (χ2n) is 7.61. The van der Waals surface area contributed by atoms with Crippen molar-refractivity contribution >= 4 is 50.6 Å². The van der Waals surface area contributed by atoms with Gasteiger partial charge in [-0.2, -0.15) is 0 Å². The minimum absolute atomic E-state index is 0.0299. The molecule has 0 unspecified atom stereocenters. The van der Waals surface area contributed by atoms with Gasteiger partial charge in [-0.1, -0.05) is 65.3 Å². The van der Waals surface area contributed by atoms with Crippen LogP contribution < -0.4 is 0 Å². The number of carbonyl (C=O) groups is 1. The van der Waals surface area contributed by atoms with E-state index in [4.69, 9.17) is 23.2 Å². The van der Waals surface area contributed by atoms with Crippen LogP contribution in [0.3, 0.4) is 0 Å². The van der Waals surface area contributed by atoms with Gasteiger partial charge in [-0.05, 0) is 71.3 Å². The van der Waals surface area contributed by atoms with E-state index in [0.717, 1.165) is 15.4 Å². The van der Waals surface area contributed by atoms with Gasteiger partial charge in [0.1, 0.15) is 0 Å². The highest BCUT2D eigenvalue weighted by Gasteiger charge is 2.32. The molecule has 0 N–H and O–H groups in total. The average molecular weight is 503 g/mol. The van der Waals surface area contributed by atoms with Gasteiger partial charge in [-0.3, -0.25) is 4.79 Å². The quantitative estimate of drug-likeness (QED) is 0.365. The molecule has 3 nitrogen and oxygen atoms in total. The molecule has 3 aromatic carbocycles. The first-order chi connectivity index (χ1) is 15.3. The number of sulfone groups is 1. The fraction of sp³-hybridized carbons (Fsp3) is 0.160. The predicted molar refractivity (Wildman–Crippen MR) is 131 cm³/mol. The number of benzene rings is 3. The van der Waals surface area contributed by atoms with E-state index in [2.05, 4.69) is 0 Å². The highest BCUT2D eigenvalue weighted by atomic mass is 35.5. The van der Waals surface area contributed by atoms with Crippen LogP contribution in [0.25, 0.3) is 0 Å². The lowest BCUT2D eigenvalue weighted by Gasteiger charge is -2.26. The number of allylic oxidation sites excluding steroid dienone is 1. The summed E-state index contributed by atoms with van der Waals surface area (Å²) in [7, 11) is -3.64.